The van der Waals surface area contributed by atoms with Crippen LogP contribution in [0.2, 0.25) is 0 Å². The van der Waals surface area contributed by atoms with Gasteiger partial charge in [-0.15, -0.1) is 0 Å². The van der Waals surface area contributed by atoms with Gasteiger partial charge in [-0.2, -0.15) is 0 Å². The highest BCUT2D eigenvalue weighted by atomic mass is 16.5. The molecule has 5 rings (SSSR count). The Morgan fingerprint density at radius 1 is 1.15 bits per heavy atom. The van der Waals surface area contributed by atoms with Crippen LogP contribution in [0.15, 0.2) is 40.8 Å². The van der Waals surface area contributed by atoms with Crippen LogP contribution in [-0.4, -0.2) is 29.6 Å². The maximum Gasteiger partial charge on any atom is 0.227 e. The predicted molar refractivity (Wildman–Crippen MR) is 107 cm³/mol. The Balaban J connectivity index is 1.49. The lowest BCUT2D eigenvalue weighted by molar-refractivity contribution is 0.233. The predicted octanol–water partition coefficient (Wildman–Crippen LogP) is 5.19. The fourth-order valence-corrected chi connectivity index (χ4v) is 4.95. The van der Waals surface area contributed by atoms with Crippen molar-refractivity contribution >= 4 is 10.8 Å². The summed E-state index contributed by atoms with van der Waals surface area (Å²) in [7, 11) is 1.71. The van der Waals surface area contributed by atoms with E-state index in [2.05, 4.69) is 23.1 Å². The van der Waals surface area contributed by atoms with Crippen molar-refractivity contribution in [1.82, 2.24) is 9.88 Å². The number of hydrogen-bond donors (Lipinski definition) is 0. The molecule has 2 bridgehead atoms. The normalized spacial score (nSPS) is 22.4. The molecule has 1 aliphatic heterocycles. The summed E-state index contributed by atoms with van der Waals surface area (Å²) in [4.78, 5) is 7.54. The molecule has 2 aliphatic rings. The Morgan fingerprint density at radius 2 is 2.00 bits per heavy atom. The van der Waals surface area contributed by atoms with E-state index in [1.54, 1.807) is 7.11 Å². The Labute approximate surface area is 160 Å². The second-order valence-electron chi connectivity index (χ2n) is 8.00. The van der Waals surface area contributed by atoms with Crippen LogP contribution >= 0.6 is 0 Å². The van der Waals surface area contributed by atoms with Gasteiger partial charge < -0.3 is 9.15 Å². The second kappa shape index (κ2) is 6.68. The third-order valence-electron chi connectivity index (χ3n) is 6.34. The summed E-state index contributed by atoms with van der Waals surface area (Å²) in [6.45, 7) is 4.17. The molecule has 1 saturated carbocycles. The number of aryl methyl sites for hydroxylation is 1. The van der Waals surface area contributed by atoms with Crippen molar-refractivity contribution in [2.45, 2.75) is 45.2 Å². The summed E-state index contributed by atoms with van der Waals surface area (Å²) < 4.78 is 11.6. The first-order valence-electron chi connectivity index (χ1n) is 9.99. The van der Waals surface area contributed by atoms with Gasteiger partial charge in [0.1, 0.15) is 11.5 Å². The average molecular weight is 362 g/mol. The van der Waals surface area contributed by atoms with Crippen LogP contribution in [0.3, 0.4) is 0 Å². The van der Waals surface area contributed by atoms with Crippen molar-refractivity contribution in [1.29, 1.82) is 0 Å². The molecule has 140 valence electrons. The molecule has 1 saturated heterocycles. The van der Waals surface area contributed by atoms with Gasteiger partial charge in [-0.25, -0.2) is 4.98 Å². The lowest BCUT2D eigenvalue weighted by Crippen LogP contribution is -2.28. The highest BCUT2D eigenvalue weighted by molar-refractivity contribution is 5.98. The molecule has 2 heterocycles. The molecule has 27 heavy (non-hydrogen) atoms. The second-order valence-corrected chi connectivity index (χ2v) is 8.00. The van der Waals surface area contributed by atoms with Crippen LogP contribution in [0, 0.1) is 12.8 Å². The topological polar surface area (TPSA) is 38.5 Å². The third-order valence-corrected chi connectivity index (χ3v) is 6.34. The lowest BCUT2D eigenvalue weighted by atomic mass is 9.90. The van der Waals surface area contributed by atoms with E-state index in [4.69, 9.17) is 14.1 Å². The summed E-state index contributed by atoms with van der Waals surface area (Å²) >= 11 is 0. The highest BCUT2D eigenvalue weighted by Crippen LogP contribution is 2.38. The number of methoxy groups -OCH3 is 1. The molecule has 0 radical (unpaired) electrons. The number of fused-ring (bicyclic) bond motifs is 3. The van der Waals surface area contributed by atoms with Crippen molar-refractivity contribution in [3.63, 3.8) is 0 Å². The van der Waals surface area contributed by atoms with E-state index >= 15 is 0 Å². The molecule has 1 aliphatic carbocycles. The van der Waals surface area contributed by atoms with Crippen molar-refractivity contribution in [2.75, 3.05) is 13.7 Å². The summed E-state index contributed by atoms with van der Waals surface area (Å²) in [5.74, 6) is 3.41. The van der Waals surface area contributed by atoms with Gasteiger partial charge in [-0.1, -0.05) is 30.7 Å². The number of rotatable bonds is 4. The van der Waals surface area contributed by atoms with E-state index < -0.39 is 0 Å². The molecular weight excluding hydrogens is 336 g/mol. The molecular formula is C23H26N2O2. The molecule has 0 spiro atoms. The Kier molecular flexibility index (Phi) is 4.16. The zero-order valence-electron chi connectivity index (χ0n) is 16.1. The first kappa shape index (κ1) is 16.8. The average Bonchev–Trinajstić information content (AvgIpc) is 3.19. The lowest BCUT2D eigenvalue weighted by Gasteiger charge is -2.23. The van der Waals surface area contributed by atoms with Gasteiger partial charge in [0, 0.05) is 30.1 Å². The van der Waals surface area contributed by atoms with Crippen molar-refractivity contribution < 1.29 is 9.15 Å². The molecule has 2 aromatic carbocycles. The summed E-state index contributed by atoms with van der Waals surface area (Å²) in [5, 5.41) is 2.20. The van der Waals surface area contributed by atoms with Crippen LogP contribution in [0.25, 0.3) is 22.2 Å². The van der Waals surface area contributed by atoms with Crippen LogP contribution in [-0.2, 0) is 6.54 Å². The number of hydrogen-bond acceptors (Lipinski definition) is 4. The van der Waals surface area contributed by atoms with Crippen molar-refractivity contribution in [2.24, 2.45) is 5.92 Å². The van der Waals surface area contributed by atoms with Gasteiger partial charge in [0.2, 0.25) is 5.89 Å². The SMILES string of the molecule is COc1ccc(-c2nc(CN3C[C@@H]4CCC[C@H]3C4)c(C)o2)c2ccccc12. The van der Waals surface area contributed by atoms with E-state index in [1.165, 1.54) is 32.2 Å². The van der Waals surface area contributed by atoms with Gasteiger partial charge >= 0.3 is 0 Å². The molecule has 0 amide bonds. The van der Waals surface area contributed by atoms with Crippen molar-refractivity contribution in [3.05, 3.63) is 47.9 Å². The Hall–Kier alpha value is -2.33. The van der Waals surface area contributed by atoms with Gasteiger partial charge in [-0.05, 0) is 49.6 Å². The van der Waals surface area contributed by atoms with Crippen molar-refractivity contribution in [3.8, 4) is 17.2 Å². The molecule has 2 atom stereocenters. The van der Waals surface area contributed by atoms with Crippen LogP contribution in [0.5, 0.6) is 5.75 Å². The molecule has 4 nitrogen and oxygen atoms in total. The van der Waals surface area contributed by atoms with E-state index in [9.17, 15) is 0 Å². The summed E-state index contributed by atoms with van der Waals surface area (Å²) in [6, 6.07) is 13.1. The van der Waals surface area contributed by atoms with Crippen LogP contribution in [0.1, 0.15) is 37.1 Å². The molecule has 0 N–H and O–H groups in total. The molecule has 3 aromatic rings. The third kappa shape index (κ3) is 2.92. The minimum atomic E-state index is 0.712. The summed E-state index contributed by atoms with van der Waals surface area (Å²) in [6.07, 6.45) is 5.48. The van der Waals surface area contributed by atoms with Crippen LogP contribution < -0.4 is 4.74 Å². The number of ether oxygens (including phenoxy) is 1. The largest absolute Gasteiger partial charge is 0.496 e. The molecule has 4 heteroatoms. The number of benzene rings is 2. The zero-order valence-corrected chi connectivity index (χ0v) is 16.1. The molecule has 2 fully saturated rings. The summed E-state index contributed by atoms with van der Waals surface area (Å²) in [5.41, 5.74) is 2.11. The fourth-order valence-electron chi connectivity index (χ4n) is 4.95. The maximum absolute atomic E-state index is 6.13. The quantitative estimate of drug-likeness (QED) is 0.640. The number of nitrogens with zero attached hydrogens (tertiary/aromatic N) is 2. The monoisotopic (exact) mass is 362 g/mol. The van der Waals surface area contributed by atoms with E-state index in [1.807, 2.05) is 25.1 Å². The van der Waals surface area contributed by atoms with Gasteiger partial charge in [0.05, 0.1) is 12.8 Å². The minimum Gasteiger partial charge on any atom is -0.496 e. The Morgan fingerprint density at radius 3 is 2.81 bits per heavy atom. The number of aromatic nitrogens is 1. The smallest absolute Gasteiger partial charge is 0.227 e. The molecule has 0 unspecified atom stereocenters. The highest BCUT2D eigenvalue weighted by Gasteiger charge is 2.35. The van der Waals surface area contributed by atoms with Gasteiger partial charge in [-0.3, -0.25) is 4.90 Å². The fraction of sp³-hybridized carbons (Fsp3) is 0.435. The van der Waals surface area contributed by atoms with E-state index in [0.29, 0.717) is 5.89 Å². The first-order valence-corrected chi connectivity index (χ1v) is 9.99. The standard InChI is InChI=1S/C23H26N2O2/c1-15-21(14-25-13-16-6-5-7-17(25)12-16)24-23(27-15)20-10-11-22(26-2)19-9-4-3-8-18(19)20/h3-4,8-11,16-17H,5-7,12-14H2,1-2H3/t16-,17+/m1/s1. The maximum atomic E-state index is 6.13. The number of likely N-dealkylation sites (tertiary alicyclic amines) is 1. The van der Waals surface area contributed by atoms with E-state index in [-0.39, 0.29) is 0 Å². The van der Waals surface area contributed by atoms with Crippen LogP contribution in [0.4, 0.5) is 0 Å². The van der Waals surface area contributed by atoms with Gasteiger partial charge in [0.25, 0.3) is 0 Å². The molecule has 1 aromatic heterocycles. The van der Waals surface area contributed by atoms with E-state index in [0.717, 1.165) is 52.0 Å². The zero-order chi connectivity index (χ0) is 18.4. The minimum absolute atomic E-state index is 0.712. The first-order chi connectivity index (χ1) is 13.2. The number of oxazole rings is 1. The van der Waals surface area contributed by atoms with Gasteiger partial charge in [0.15, 0.2) is 0 Å². The Bertz CT molecular complexity index is 978.